The molecule has 1 unspecified atom stereocenters. The lowest BCUT2D eigenvalue weighted by Crippen LogP contribution is -2.27. The van der Waals surface area contributed by atoms with Gasteiger partial charge in [0.25, 0.3) is 0 Å². The molecule has 3 aromatic carbocycles. The van der Waals surface area contributed by atoms with Crippen molar-refractivity contribution in [1.82, 2.24) is 0 Å². The molecule has 0 amide bonds. The molecule has 0 fully saturated rings. The molecule has 0 N–H and O–H groups in total. The molecule has 0 bridgehead atoms. The molecule has 0 spiro atoms. The lowest BCUT2D eigenvalue weighted by Gasteiger charge is -2.19. The third-order valence-corrected chi connectivity index (χ3v) is 4.82. The molecule has 0 heterocycles. The zero-order valence-electron chi connectivity index (χ0n) is 20.8. The van der Waals surface area contributed by atoms with Gasteiger partial charge in [0.1, 0.15) is 23.7 Å². The average molecular weight is 481 g/mol. The van der Waals surface area contributed by atoms with Gasteiger partial charge in [0.15, 0.2) is 12.9 Å². The molecule has 7 nitrogen and oxygen atoms in total. The van der Waals surface area contributed by atoms with Gasteiger partial charge in [-0.2, -0.15) is 0 Å². The van der Waals surface area contributed by atoms with E-state index >= 15 is 0 Å². The van der Waals surface area contributed by atoms with Crippen LogP contribution in [0.5, 0.6) is 11.5 Å². The van der Waals surface area contributed by atoms with Crippen LogP contribution in [0, 0.1) is 6.92 Å². The van der Waals surface area contributed by atoms with Gasteiger partial charge in [-0.3, -0.25) is 0 Å². The van der Waals surface area contributed by atoms with Crippen LogP contribution < -0.4 is 9.47 Å². The van der Waals surface area contributed by atoms with Crippen LogP contribution >= 0.6 is 0 Å². The molecule has 0 saturated carbocycles. The number of rotatable bonds is 10. The van der Waals surface area contributed by atoms with Gasteiger partial charge in [0.05, 0.1) is 12.2 Å². The number of esters is 2. The molecular formula is C28H32O7. The fourth-order valence-electron chi connectivity index (χ4n) is 3.23. The van der Waals surface area contributed by atoms with E-state index in [0.717, 1.165) is 22.1 Å². The highest BCUT2D eigenvalue weighted by Crippen LogP contribution is 2.23. The van der Waals surface area contributed by atoms with Crippen LogP contribution in [-0.2, 0) is 19.0 Å². The molecule has 0 aliphatic carbocycles. The van der Waals surface area contributed by atoms with Crippen LogP contribution in [0.15, 0.2) is 60.7 Å². The van der Waals surface area contributed by atoms with E-state index in [1.165, 1.54) is 0 Å². The number of aryl methyl sites for hydroxylation is 1. The van der Waals surface area contributed by atoms with Crippen molar-refractivity contribution in [2.75, 3.05) is 19.8 Å². The Hall–Kier alpha value is -3.58. The van der Waals surface area contributed by atoms with Crippen molar-refractivity contribution in [3.8, 4) is 11.5 Å². The highest BCUT2D eigenvalue weighted by molar-refractivity contribution is 5.95. The SMILES string of the molecule is Cc1ccc(OC(C)OCCOC(=O)c2ccc3cc(OCC(=O)OC(C)(C)C)ccc3c2)cc1. The molecule has 0 saturated heterocycles. The van der Waals surface area contributed by atoms with Crippen molar-refractivity contribution in [3.63, 3.8) is 0 Å². The first-order valence-corrected chi connectivity index (χ1v) is 11.5. The van der Waals surface area contributed by atoms with Gasteiger partial charge < -0.3 is 23.7 Å². The summed E-state index contributed by atoms with van der Waals surface area (Å²) in [6, 6.07) is 18.3. The monoisotopic (exact) mass is 480 g/mol. The third kappa shape index (κ3) is 8.61. The normalized spacial score (nSPS) is 12.1. The van der Waals surface area contributed by atoms with Crippen LogP contribution in [0.4, 0.5) is 0 Å². The predicted molar refractivity (Wildman–Crippen MR) is 133 cm³/mol. The summed E-state index contributed by atoms with van der Waals surface area (Å²) in [7, 11) is 0. The summed E-state index contributed by atoms with van der Waals surface area (Å²) in [5, 5.41) is 1.72. The van der Waals surface area contributed by atoms with Crippen LogP contribution in [0.25, 0.3) is 10.8 Å². The first kappa shape index (κ1) is 26.0. The number of carbonyl (C=O) groups is 2. The fourth-order valence-corrected chi connectivity index (χ4v) is 3.23. The quantitative estimate of drug-likeness (QED) is 0.216. The lowest BCUT2D eigenvalue weighted by molar-refractivity contribution is -0.157. The van der Waals surface area contributed by atoms with Gasteiger partial charge in [0, 0.05) is 0 Å². The molecule has 186 valence electrons. The first-order chi connectivity index (χ1) is 16.6. The smallest absolute Gasteiger partial charge is 0.344 e. The van der Waals surface area contributed by atoms with E-state index in [2.05, 4.69) is 0 Å². The van der Waals surface area contributed by atoms with Crippen LogP contribution in [0.1, 0.15) is 43.6 Å². The Balaban J connectivity index is 1.45. The van der Waals surface area contributed by atoms with Gasteiger partial charge in [-0.05, 0) is 81.8 Å². The molecule has 0 radical (unpaired) electrons. The number of benzene rings is 3. The second-order valence-corrected chi connectivity index (χ2v) is 9.10. The molecular weight excluding hydrogens is 448 g/mol. The molecule has 0 aromatic heterocycles. The van der Waals surface area contributed by atoms with Gasteiger partial charge in [-0.25, -0.2) is 9.59 Å². The van der Waals surface area contributed by atoms with E-state index in [-0.39, 0.29) is 19.8 Å². The molecule has 0 aliphatic heterocycles. The summed E-state index contributed by atoms with van der Waals surface area (Å²) >= 11 is 0. The summed E-state index contributed by atoms with van der Waals surface area (Å²) in [6.07, 6.45) is -0.469. The van der Waals surface area contributed by atoms with Crippen molar-refractivity contribution < 1.29 is 33.3 Å². The Bertz CT molecular complexity index is 1150. The van der Waals surface area contributed by atoms with Crippen LogP contribution in [0.2, 0.25) is 0 Å². The highest BCUT2D eigenvalue weighted by Gasteiger charge is 2.16. The van der Waals surface area contributed by atoms with Crippen molar-refractivity contribution in [1.29, 1.82) is 0 Å². The minimum Gasteiger partial charge on any atom is -0.482 e. The largest absolute Gasteiger partial charge is 0.482 e. The number of hydrogen-bond donors (Lipinski definition) is 0. The number of carbonyl (C=O) groups excluding carboxylic acids is 2. The predicted octanol–water partition coefficient (Wildman–Crippen LogP) is 5.47. The second kappa shape index (κ2) is 11.7. The summed E-state index contributed by atoms with van der Waals surface area (Å²) in [6.45, 7) is 9.35. The fraction of sp³-hybridized carbons (Fsp3) is 0.357. The molecule has 0 aliphatic rings. The van der Waals surface area contributed by atoms with Gasteiger partial charge >= 0.3 is 11.9 Å². The zero-order valence-corrected chi connectivity index (χ0v) is 20.8. The summed E-state index contributed by atoms with van der Waals surface area (Å²) in [4.78, 5) is 24.3. The molecule has 7 heteroatoms. The summed E-state index contributed by atoms with van der Waals surface area (Å²) in [5.74, 6) is 0.385. The van der Waals surface area contributed by atoms with E-state index in [0.29, 0.717) is 11.3 Å². The highest BCUT2D eigenvalue weighted by atomic mass is 16.7. The van der Waals surface area contributed by atoms with Gasteiger partial charge in [-0.15, -0.1) is 0 Å². The Kier molecular flexibility index (Phi) is 8.71. The van der Waals surface area contributed by atoms with E-state index in [4.69, 9.17) is 23.7 Å². The number of hydrogen-bond acceptors (Lipinski definition) is 7. The lowest BCUT2D eigenvalue weighted by atomic mass is 10.1. The third-order valence-electron chi connectivity index (χ3n) is 4.82. The van der Waals surface area contributed by atoms with Gasteiger partial charge in [0.2, 0.25) is 0 Å². The van der Waals surface area contributed by atoms with E-state index in [9.17, 15) is 9.59 Å². The summed E-state index contributed by atoms with van der Waals surface area (Å²) in [5.41, 5.74) is 1.02. The minimum absolute atomic E-state index is 0.107. The zero-order chi connectivity index (χ0) is 25.4. The van der Waals surface area contributed by atoms with Crippen LogP contribution in [0.3, 0.4) is 0 Å². The maximum Gasteiger partial charge on any atom is 0.344 e. The molecule has 35 heavy (non-hydrogen) atoms. The minimum atomic E-state index is -0.561. The number of fused-ring (bicyclic) bond motifs is 1. The Morgan fingerprint density at radius 3 is 2.23 bits per heavy atom. The van der Waals surface area contributed by atoms with Crippen molar-refractivity contribution in [2.24, 2.45) is 0 Å². The maximum atomic E-state index is 12.4. The van der Waals surface area contributed by atoms with E-state index in [1.807, 2.05) is 37.3 Å². The van der Waals surface area contributed by atoms with E-state index in [1.54, 1.807) is 58.0 Å². The van der Waals surface area contributed by atoms with Gasteiger partial charge in [-0.1, -0.05) is 29.8 Å². The maximum absolute atomic E-state index is 12.4. The first-order valence-electron chi connectivity index (χ1n) is 11.5. The average Bonchev–Trinajstić information content (AvgIpc) is 2.80. The molecule has 3 rings (SSSR count). The Morgan fingerprint density at radius 2 is 1.51 bits per heavy atom. The Labute approximate surface area is 205 Å². The number of ether oxygens (including phenoxy) is 5. The second-order valence-electron chi connectivity index (χ2n) is 9.10. The standard InChI is InChI=1S/C28H32O7/c1-19-6-11-24(12-7-19)34-20(2)31-14-15-32-27(30)23-9-8-22-17-25(13-10-21(22)16-23)33-18-26(29)35-28(3,4)5/h6-13,16-17,20H,14-15,18H2,1-5H3. The topological polar surface area (TPSA) is 80.3 Å². The Morgan fingerprint density at radius 1 is 0.857 bits per heavy atom. The van der Waals surface area contributed by atoms with Crippen molar-refractivity contribution in [3.05, 3.63) is 71.8 Å². The van der Waals surface area contributed by atoms with Crippen LogP contribution in [-0.4, -0.2) is 43.7 Å². The summed E-state index contributed by atoms with van der Waals surface area (Å²) < 4.78 is 27.3. The molecule has 1 atom stereocenters. The van der Waals surface area contributed by atoms with E-state index < -0.39 is 23.8 Å². The van der Waals surface area contributed by atoms with Crippen molar-refractivity contribution in [2.45, 2.75) is 46.5 Å². The molecule has 3 aromatic rings. The van der Waals surface area contributed by atoms with Crippen molar-refractivity contribution >= 4 is 22.7 Å².